The molecule has 2 heterocycles. The van der Waals surface area contributed by atoms with E-state index >= 15 is 0 Å². The van der Waals surface area contributed by atoms with Gasteiger partial charge in [0.25, 0.3) is 0 Å². The van der Waals surface area contributed by atoms with Gasteiger partial charge < -0.3 is 4.42 Å². The molecular formula is C28H20N2OS. The average molecular weight is 433 g/mol. The molecule has 0 aliphatic carbocycles. The van der Waals surface area contributed by atoms with Crippen molar-refractivity contribution < 1.29 is 4.42 Å². The van der Waals surface area contributed by atoms with Gasteiger partial charge in [-0.05, 0) is 60.5 Å². The van der Waals surface area contributed by atoms with Crippen LogP contribution in [0.1, 0.15) is 11.1 Å². The number of para-hydroxylation sites is 1. The summed E-state index contributed by atoms with van der Waals surface area (Å²) in [5, 5.41) is 4.32. The summed E-state index contributed by atoms with van der Waals surface area (Å²) in [4.78, 5) is 9.87. The van der Waals surface area contributed by atoms with Crippen LogP contribution in [0.5, 0.6) is 0 Å². The van der Waals surface area contributed by atoms with Crippen molar-refractivity contribution in [3.8, 4) is 10.6 Å². The van der Waals surface area contributed by atoms with Crippen molar-refractivity contribution in [3.63, 3.8) is 0 Å². The predicted molar refractivity (Wildman–Crippen MR) is 133 cm³/mol. The van der Waals surface area contributed by atoms with Crippen LogP contribution in [0.25, 0.3) is 42.5 Å². The second kappa shape index (κ2) is 7.43. The van der Waals surface area contributed by atoms with E-state index in [2.05, 4.69) is 68.4 Å². The number of hydrogen-bond acceptors (Lipinski definition) is 4. The van der Waals surface area contributed by atoms with Crippen molar-refractivity contribution in [1.29, 1.82) is 0 Å². The van der Waals surface area contributed by atoms with Crippen LogP contribution in [0.3, 0.4) is 0 Å². The van der Waals surface area contributed by atoms with Crippen molar-refractivity contribution in [3.05, 3.63) is 102 Å². The Morgan fingerprint density at radius 2 is 1.66 bits per heavy atom. The largest absolute Gasteiger partial charge is 0.438 e. The lowest BCUT2D eigenvalue weighted by Crippen LogP contribution is -2.05. The molecule has 0 fully saturated rings. The fourth-order valence-electron chi connectivity index (χ4n) is 4.14. The van der Waals surface area contributed by atoms with Crippen LogP contribution in [-0.4, -0.2) is 4.98 Å². The highest BCUT2D eigenvalue weighted by Crippen LogP contribution is 2.32. The Morgan fingerprint density at radius 3 is 2.53 bits per heavy atom. The monoisotopic (exact) mass is 432 g/mol. The molecule has 6 aromatic rings. The van der Waals surface area contributed by atoms with Gasteiger partial charge in [-0.1, -0.05) is 60.2 Å². The molecule has 4 aromatic carbocycles. The quantitative estimate of drug-likeness (QED) is 0.263. The standard InChI is InChI=1S/C28H20N2OS/c1-17-11-13-23(18(2)15-17)29-27-22(28-30-24-9-5-6-10-26(24)32-28)16-21-20-8-4-3-7-19(20)12-14-25(21)31-27/h3-16H,1-2H3. The minimum Gasteiger partial charge on any atom is -0.438 e. The first kappa shape index (κ1) is 19.0. The van der Waals surface area contributed by atoms with Gasteiger partial charge >= 0.3 is 0 Å². The summed E-state index contributed by atoms with van der Waals surface area (Å²) in [6, 6.07) is 29.2. The maximum absolute atomic E-state index is 6.44. The molecule has 4 heteroatoms. The molecule has 154 valence electrons. The molecule has 0 spiro atoms. The normalized spacial score (nSPS) is 12.2. The molecule has 0 N–H and O–H groups in total. The molecule has 0 aliphatic rings. The molecule has 2 aromatic heterocycles. The molecule has 0 saturated carbocycles. The molecule has 0 unspecified atom stereocenters. The smallest absolute Gasteiger partial charge is 0.230 e. The van der Waals surface area contributed by atoms with E-state index in [9.17, 15) is 0 Å². The highest BCUT2D eigenvalue weighted by atomic mass is 32.1. The van der Waals surface area contributed by atoms with Crippen LogP contribution < -0.4 is 5.55 Å². The SMILES string of the molecule is Cc1ccc(N=c2oc3ccc4ccccc4c3cc2-c2nc3ccccc3s2)c(C)c1. The minimum absolute atomic E-state index is 0.582. The fourth-order valence-corrected chi connectivity index (χ4v) is 5.12. The van der Waals surface area contributed by atoms with Crippen LogP contribution in [0.15, 0.2) is 94.3 Å². The van der Waals surface area contributed by atoms with Crippen molar-refractivity contribution in [2.75, 3.05) is 0 Å². The minimum atomic E-state index is 0.582. The summed E-state index contributed by atoms with van der Waals surface area (Å²) < 4.78 is 7.59. The summed E-state index contributed by atoms with van der Waals surface area (Å²) in [6.07, 6.45) is 0. The Morgan fingerprint density at radius 1 is 0.812 bits per heavy atom. The van der Waals surface area contributed by atoms with Gasteiger partial charge in [-0.15, -0.1) is 11.3 Å². The molecule has 0 amide bonds. The summed E-state index contributed by atoms with van der Waals surface area (Å²) in [7, 11) is 0. The van der Waals surface area contributed by atoms with E-state index in [1.165, 1.54) is 10.9 Å². The van der Waals surface area contributed by atoms with Gasteiger partial charge in [-0.2, -0.15) is 0 Å². The molecule has 0 bridgehead atoms. The van der Waals surface area contributed by atoms with Crippen LogP contribution in [0.4, 0.5) is 5.69 Å². The molecule has 32 heavy (non-hydrogen) atoms. The van der Waals surface area contributed by atoms with Gasteiger partial charge in [-0.3, -0.25) is 0 Å². The Kier molecular flexibility index (Phi) is 4.40. The van der Waals surface area contributed by atoms with Gasteiger partial charge in [0, 0.05) is 5.39 Å². The van der Waals surface area contributed by atoms with Crippen LogP contribution in [0, 0.1) is 13.8 Å². The fraction of sp³-hybridized carbons (Fsp3) is 0.0714. The van der Waals surface area contributed by atoms with Gasteiger partial charge in [0.15, 0.2) is 0 Å². The van der Waals surface area contributed by atoms with Crippen LogP contribution in [0.2, 0.25) is 0 Å². The van der Waals surface area contributed by atoms with E-state index in [0.717, 1.165) is 48.4 Å². The number of hydrogen-bond donors (Lipinski definition) is 0. The zero-order valence-corrected chi connectivity index (χ0v) is 18.6. The van der Waals surface area contributed by atoms with Crippen LogP contribution >= 0.6 is 11.3 Å². The van der Waals surface area contributed by atoms with E-state index in [1.54, 1.807) is 11.3 Å². The number of aryl methyl sites for hydroxylation is 2. The van der Waals surface area contributed by atoms with E-state index in [4.69, 9.17) is 14.4 Å². The molecule has 0 atom stereocenters. The number of thiazole rings is 1. The summed E-state index contributed by atoms with van der Waals surface area (Å²) in [5.41, 5.74) is 6.54. The first-order chi connectivity index (χ1) is 15.7. The predicted octanol–water partition coefficient (Wildman–Crippen LogP) is 7.71. The van der Waals surface area contributed by atoms with Gasteiger partial charge in [0.1, 0.15) is 10.6 Å². The number of aromatic nitrogens is 1. The number of fused-ring (bicyclic) bond motifs is 4. The third-order valence-electron chi connectivity index (χ3n) is 5.75. The number of rotatable bonds is 2. The Balaban J connectivity index is 1.70. The first-order valence-corrected chi connectivity index (χ1v) is 11.4. The molecule has 0 aliphatic heterocycles. The third-order valence-corrected chi connectivity index (χ3v) is 6.82. The third kappa shape index (κ3) is 3.20. The van der Waals surface area contributed by atoms with Gasteiger partial charge in [0.05, 0.1) is 21.5 Å². The summed E-state index contributed by atoms with van der Waals surface area (Å²) in [5.74, 6) is 0. The lowest BCUT2D eigenvalue weighted by Gasteiger charge is -2.07. The molecule has 3 nitrogen and oxygen atoms in total. The van der Waals surface area contributed by atoms with Gasteiger partial charge in [0.2, 0.25) is 5.55 Å². The molecule has 0 saturated heterocycles. The zero-order valence-electron chi connectivity index (χ0n) is 17.8. The van der Waals surface area contributed by atoms with Crippen molar-refractivity contribution in [2.24, 2.45) is 4.99 Å². The first-order valence-electron chi connectivity index (χ1n) is 10.6. The maximum atomic E-state index is 6.44. The summed E-state index contributed by atoms with van der Waals surface area (Å²) >= 11 is 1.66. The zero-order chi connectivity index (χ0) is 21.7. The van der Waals surface area contributed by atoms with E-state index in [1.807, 2.05) is 30.3 Å². The van der Waals surface area contributed by atoms with E-state index in [-0.39, 0.29) is 0 Å². The van der Waals surface area contributed by atoms with Crippen molar-refractivity contribution in [2.45, 2.75) is 13.8 Å². The lowest BCUT2D eigenvalue weighted by molar-refractivity contribution is 0.547. The second-order valence-electron chi connectivity index (χ2n) is 8.05. The highest BCUT2D eigenvalue weighted by molar-refractivity contribution is 7.21. The lowest BCUT2D eigenvalue weighted by atomic mass is 10.0. The average Bonchev–Trinajstić information content (AvgIpc) is 3.24. The van der Waals surface area contributed by atoms with Crippen LogP contribution in [-0.2, 0) is 0 Å². The topological polar surface area (TPSA) is 38.4 Å². The Bertz CT molecular complexity index is 1680. The van der Waals surface area contributed by atoms with Crippen molar-refractivity contribution in [1.82, 2.24) is 4.98 Å². The summed E-state index contributed by atoms with van der Waals surface area (Å²) in [6.45, 7) is 4.17. The van der Waals surface area contributed by atoms with Crippen molar-refractivity contribution >= 4 is 49.0 Å². The maximum Gasteiger partial charge on any atom is 0.230 e. The second-order valence-corrected chi connectivity index (χ2v) is 9.08. The number of benzene rings is 4. The molecule has 0 radical (unpaired) electrons. The Hall–Kier alpha value is -3.76. The molecular weight excluding hydrogens is 412 g/mol. The Labute approximate surface area is 189 Å². The highest BCUT2D eigenvalue weighted by Gasteiger charge is 2.14. The number of nitrogens with zero attached hydrogens (tertiary/aromatic N) is 2. The van der Waals surface area contributed by atoms with Gasteiger partial charge in [-0.25, -0.2) is 9.98 Å². The van der Waals surface area contributed by atoms with E-state index in [0.29, 0.717) is 5.55 Å². The molecule has 6 rings (SSSR count). The van der Waals surface area contributed by atoms with E-state index < -0.39 is 0 Å².